The molecule has 0 aliphatic heterocycles. The number of hydrogen-bond acceptors (Lipinski definition) is 2. The Kier molecular flexibility index (Phi) is 4.52. The standard InChI is InChI=1S/C21H20O3/c1-14-10-11-15(2)17(12-14)13-20(21(22)23)24-19-9-5-7-16-6-3-4-8-18(16)19/h3-12,20H,13H2,1-2H3,(H,22,23)/t20-/m1/s1. The molecule has 0 saturated carbocycles. The van der Waals surface area contributed by atoms with E-state index in [1.54, 1.807) is 0 Å². The number of aryl methyl sites for hydroxylation is 2. The molecular formula is C21H20O3. The summed E-state index contributed by atoms with van der Waals surface area (Å²) in [5, 5.41) is 11.6. The highest BCUT2D eigenvalue weighted by Gasteiger charge is 2.22. The van der Waals surface area contributed by atoms with Gasteiger partial charge in [-0.3, -0.25) is 0 Å². The van der Waals surface area contributed by atoms with Crippen LogP contribution in [0.4, 0.5) is 0 Å². The first kappa shape index (κ1) is 16.1. The molecule has 0 spiro atoms. The van der Waals surface area contributed by atoms with Crippen molar-refractivity contribution in [3.63, 3.8) is 0 Å². The van der Waals surface area contributed by atoms with Crippen molar-refractivity contribution in [2.75, 3.05) is 0 Å². The number of carboxylic acid groups (broad SMARTS) is 1. The molecule has 3 aromatic carbocycles. The maximum Gasteiger partial charge on any atom is 0.345 e. The lowest BCUT2D eigenvalue weighted by Crippen LogP contribution is -2.29. The van der Waals surface area contributed by atoms with Gasteiger partial charge in [-0.25, -0.2) is 4.79 Å². The van der Waals surface area contributed by atoms with Gasteiger partial charge in [0.2, 0.25) is 0 Å². The topological polar surface area (TPSA) is 46.5 Å². The lowest BCUT2D eigenvalue weighted by Gasteiger charge is -2.18. The molecule has 3 rings (SSSR count). The van der Waals surface area contributed by atoms with Gasteiger partial charge in [0, 0.05) is 11.8 Å². The number of benzene rings is 3. The normalized spacial score (nSPS) is 12.1. The molecule has 1 atom stereocenters. The third-order valence-electron chi connectivity index (χ3n) is 4.20. The molecule has 0 saturated heterocycles. The van der Waals surface area contributed by atoms with E-state index in [1.165, 1.54) is 0 Å². The maximum absolute atomic E-state index is 11.7. The molecule has 0 heterocycles. The molecule has 0 aliphatic rings. The summed E-state index contributed by atoms with van der Waals surface area (Å²) in [4.78, 5) is 11.7. The number of rotatable bonds is 5. The van der Waals surface area contributed by atoms with Crippen LogP contribution in [-0.4, -0.2) is 17.2 Å². The summed E-state index contributed by atoms with van der Waals surface area (Å²) in [6.07, 6.45) is -0.581. The van der Waals surface area contributed by atoms with Crippen molar-refractivity contribution in [3.8, 4) is 5.75 Å². The molecule has 0 amide bonds. The molecule has 0 radical (unpaired) electrons. The summed E-state index contributed by atoms with van der Waals surface area (Å²) in [6.45, 7) is 4.00. The molecule has 3 nitrogen and oxygen atoms in total. The highest BCUT2D eigenvalue weighted by atomic mass is 16.5. The van der Waals surface area contributed by atoms with Crippen molar-refractivity contribution in [2.45, 2.75) is 26.4 Å². The fraction of sp³-hybridized carbons (Fsp3) is 0.190. The Bertz CT molecular complexity index is 878. The Morgan fingerprint density at radius 2 is 1.79 bits per heavy atom. The number of carboxylic acids is 1. The Morgan fingerprint density at radius 3 is 2.58 bits per heavy atom. The Labute approximate surface area is 141 Å². The largest absolute Gasteiger partial charge is 0.478 e. The van der Waals surface area contributed by atoms with Crippen LogP contribution in [0.25, 0.3) is 10.8 Å². The second-order valence-corrected chi connectivity index (χ2v) is 6.06. The molecule has 0 bridgehead atoms. The lowest BCUT2D eigenvalue weighted by molar-refractivity contribution is -0.144. The van der Waals surface area contributed by atoms with E-state index in [0.29, 0.717) is 12.2 Å². The van der Waals surface area contributed by atoms with Crippen molar-refractivity contribution < 1.29 is 14.6 Å². The summed E-state index contributed by atoms with van der Waals surface area (Å²) >= 11 is 0. The molecule has 0 aromatic heterocycles. The van der Waals surface area contributed by atoms with Gasteiger partial charge in [0.15, 0.2) is 6.10 Å². The highest BCUT2D eigenvalue weighted by molar-refractivity contribution is 5.88. The van der Waals surface area contributed by atoms with Crippen LogP contribution in [-0.2, 0) is 11.2 Å². The second-order valence-electron chi connectivity index (χ2n) is 6.06. The van der Waals surface area contributed by atoms with Crippen molar-refractivity contribution in [1.82, 2.24) is 0 Å². The Balaban J connectivity index is 1.91. The predicted octanol–water partition coefficient (Wildman–Crippen LogP) is 4.53. The third-order valence-corrected chi connectivity index (χ3v) is 4.20. The van der Waals surface area contributed by atoms with E-state index in [1.807, 2.05) is 74.5 Å². The molecule has 122 valence electrons. The van der Waals surface area contributed by atoms with Gasteiger partial charge in [-0.1, -0.05) is 60.2 Å². The molecule has 0 aliphatic carbocycles. The van der Waals surface area contributed by atoms with E-state index in [-0.39, 0.29) is 0 Å². The molecule has 3 heteroatoms. The van der Waals surface area contributed by atoms with E-state index in [2.05, 4.69) is 0 Å². The number of hydrogen-bond donors (Lipinski definition) is 1. The van der Waals surface area contributed by atoms with E-state index < -0.39 is 12.1 Å². The van der Waals surface area contributed by atoms with Crippen LogP contribution in [0, 0.1) is 13.8 Å². The molecule has 0 fully saturated rings. The van der Waals surface area contributed by atoms with Gasteiger partial charge in [0.1, 0.15) is 5.75 Å². The zero-order chi connectivity index (χ0) is 17.1. The minimum Gasteiger partial charge on any atom is -0.478 e. The number of fused-ring (bicyclic) bond motifs is 1. The molecule has 0 unspecified atom stereocenters. The van der Waals surface area contributed by atoms with E-state index in [9.17, 15) is 9.90 Å². The third kappa shape index (κ3) is 3.40. The van der Waals surface area contributed by atoms with Crippen LogP contribution < -0.4 is 4.74 Å². The van der Waals surface area contributed by atoms with Gasteiger partial charge >= 0.3 is 5.97 Å². The van der Waals surface area contributed by atoms with Crippen molar-refractivity contribution in [2.24, 2.45) is 0 Å². The average molecular weight is 320 g/mol. The summed E-state index contributed by atoms with van der Waals surface area (Å²) in [5.41, 5.74) is 3.20. The number of aliphatic carboxylic acids is 1. The number of carbonyl (C=O) groups is 1. The highest BCUT2D eigenvalue weighted by Crippen LogP contribution is 2.27. The molecule has 3 aromatic rings. The van der Waals surface area contributed by atoms with Crippen molar-refractivity contribution in [3.05, 3.63) is 77.4 Å². The zero-order valence-corrected chi connectivity index (χ0v) is 13.8. The first-order valence-electron chi connectivity index (χ1n) is 7.98. The SMILES string of the molecule is Cc1ccc(C)c(C[C@@H](Oc2cccc3ccccc23)C(=O)O)c1. The van der Waals surface area contributed by atoms with Gasteiger partial charge in [-0.05, 0) is 36.4 Å². The predicted molar refractivity (Wildman–Crippen MR) is 95.6 cm³/mol. The monoisotopic (exact) mass is 320 g/mol. The minimum absolute atomic E-state index is 0.339. The molecular weight excluding hydrogens is 300 g/mol. The van der Waals surface area contributed by atoms with Crippen molar-refractivity contribution in [1.29, 1.82) is 0 Å². The van der Waals surface area contributed by atoms with Gasteiger partial charge in [0.25, 0.3) is 0 Å². The molecule has 24 heavy (non-hydrogen) atoms. The van der Waals surface area contributed by atoms with Crippen LogP contribution >= 0.6 is 0 Å². The average Bonchev–Trinajstić information content (AvgIpc) is 2.57. The van der Waals surface area contributed by atoms with Crippen molar-refractivity contribution >= 4 is 16.7 Å². The summed E-state index contributed by atoms with van der Waals surface area (Å²) < 4.78 is 5.89. The maximum atomic E-state index is 11.7. The van der Waals surface area contributed by atoms with E-state index in [4.69, 9.17) is 4.74 Å². The summed E-state index contributed by atoms with van der Waals surface area (Å²) in [6, 6.07) is 19.6. The lowest BCUT2D eigenvalue weighted by atomic mass is 10.00. The fourth-order valence-electron chi connectivity index (χ4n) is 2.85. The summed E-state index contributed by atoms with van der Waals surface area (Å²) in [7, 11) is 0. The van der Waals surface area contributed by atoms with Crippen LogP contribution in [0.15, 0.2) is 60.7 Å². The zero-order valence-electron chi connectivity index (χ0n) is 13.8. The van der Waals surface area contributed by atoms with Crippen LogP contribution in [0.1, 0.15) is 16.7 Å². The van der Waals surface area contributed by atoms with Gasteiger partial charge < -0.3 is 9.84 Å². The first-order valence-corrected chi connectivity index (χ1v) is 7.98. The van der Waals surface area contributed by atoms with Crippen LogP contribution in [0.2, 0.25) is 0 Å². The van der Waals surface area contributed by atoms with E-state index in [0.717, 1.165) is 27.5 Å². The smallest absolute Gasteiger partial charge is 0.345 e. The van der Waals surface area contributed by atoms with Crippen LogP contribution in [0.3, 0.4) is 0 Å². The quantitative estimate of drug-likeness (QED) is 0.751. The second kappa shape index (κ2) is 6.75. The Morgan fingerprint density at radius 1 is 1.04 bits per heavy atom. The van der Waals surface area contributed by atoms with E-state index >= 15 is 0 Å². The van der Waals surface area contributed by atoms with Gasteiger partial charge in [-0.2, -0.15) is 0 Å². The Hall–Kier alpha value is -2.81. The van der Waals surface area contributed by atoms with Crippen LogP contribution in [0.5, 0.6) is 5.75 Å². The first-order chi connectivity index (χ1) is 11.5. The fourth-order valence-corrected chi connectivity index (χ4v) is 2.85. The molecule has 1 N–H and O–H groups in total. The van der Waals surface area contributed by atoms with Gasteiger partial charge in [-0.15, -0.1) is 0 Å². The minimum atomic E-state index is -0.955. The summed E-state index contributed by atoms with van der Waals surface area (Å²) in [5.74, 6) is -0.352. The van der Waals surface area contributed by atoms with Gasteiger partial charge in [0.05, 0.1) is 0 Å². The number of ether oxygens (including phenoxy) is 1.